The summed E-state index contributed by atoms with van der Waals surface area (Å²) in [4.78, 5) is 31.4. The number of rotatable bonds is 3. The van der Waals surface area contributed by atoms with Gasteiger partial charge in [0.15, 0.2) is 11.9 Å². The van der Waals surface area contributed by atoms with Gasteiger partial charge in [0, 0.05) is 28.8 Å². The number of fused-ring (bicyclic) bond motifs is 4. The molecular formula is C27H18N4O4S. The molecule has 1 saturated heterocycles. The van der Waals surface area contributed by atoms with Gasteiger partial charge in [0.25, 0.3) is 11.6 Å². The third kappa shape index (κ3) is 2.77. The summed E-state index contributed by atoms with van der Waals surface area (Å²) in [5.74, 6) is 0.507. The van der Waals surface area contributed by atoms with Gasteiger partial charge in [0.1, 0.15) is 5.25 Å². The molecule has 8 nitrogen and oxygen atoms in total. The molecule has 176 valence electrons. The lowest BCUT2D eigenvalue weighted by Gasteiger charge is -2.34. The van der Waals surface area contributed by atoms with Gasteiger partial charge in [-0.2, -0.15) is 0 Å². The number of oxime groups is 1. The first-order chi connectivity index (χ1) is 17.6. The Morgan fingerprint density at radius 3 is 2.56 bits per heavy atom. The molecule has 3 aliphatic rings. The Balaban J connectivity index is 1.42. The molecule has 1 amide bonds. The Hall–Kier alpha value is -4.37. The number of hydrogen-bond acceptors (Lipinski definition) is 7. The van der Waals surface area contributed by atoms with Gasteiger partial charge in [0.2, 0.25) is 4.87 Å². The van der Waals surface area contributed by atoms with Crippen molar-refractivity contribution < 1.29 is 14.6 Å². The first-order valence-electron chi connectivity index (χ1n) is 11.4. The lowest BCUT2D eigenvalue weighted by atomic mass is 10.00. The predicted molar refractivity (Wildman–Crippen MR) is 139 cm³/mol. The highest BCUT2D eigenvalue weighted by Gasteiger charge is 2.64. The van der Waals surface area contributed by atoms with Crippen molar-refractivity contribution in [2.75, 3.05) is 10.2 Å². The number of non-ortho nitro benzene ring substituents is 1. The molecule has 0 aromatic heterocycles. The Labute approximate surface area is 209 Å². The third-order valence-electron chi connectivity index (χ3n) is 6.92. The van der Waals surface area contributed by atoms with E-state index in [2.05, 4.69) is 10.5 Å². The molecule has 1 fully saturated rings. The Morgan fingerprint density at radius 2 is 1.72 bits per heavy atom. The molecule has 0 aliphatic carbocycles. The monoisotopic (exact) mass is 494 g/mol. The minimum atomic E-state index is -1.08. The van der Waals surface area contributed by atoms with Gasteiger partial charge in [-0.15, -0.1) is 11.8 Å². The van der Waals surface area contributed by atoms with Crippen LogP contribution in [-0.4, -0.2) is 21.9 Å². The van der Waals surface area contributed by atoms with Crippen molar-refractivity contribution in [3.63, 3.8) is 0 Å². The van der Waals surface area contributed by atoms with E-state index in [1.54, 1.807) is 12.1 Å². The number of para-hydroxylation sites is 1. The summed E-state index contributed by atoms with van der Waals surface area (Å²) in [6.07, 6.45) is -0.497. The normalized spacial score (nSPS) is 23.8. The van der Waals surface area contributed by atoms with Crippen LogP contribution in [0.3, 0.4) is 0 Å². The zero-order valence-corrected chi connectivity index (χ0v) is 19.5. The lowest BCUT2D eigenvalue weighted by Crippen LogP contribution is -2.47. The molecule has 7 rings (SSSR count). The maximum atomic E-state index is 13.8. The van der Waals surface area contributed by atoms with Crippen LogP contribution in [-0.2, 0) is 14.5 Å². The molecule has 1 spiro atoms. The zero-order chi connectivity index (χ0) is 24.4. The first-order valence-corrected chi connectivity index (χ1v) is 12.3. The number of hydrogen-bond donors (Lipinski definition) is 1. The van der Waals surface area contributed by atoms with E-state index in [1.165, 1.54) is 23.9 Å². The maximum Gasteiger partial charge on any atom is 0.269 e. The summed E-state index contributed by atoms with van der Waals surface area (Å²) in [6, 6.07) is 28.1. The summed E-state index contributed by atoms with van der Waals surface area (Å²) < 4.78 is 0. The molecular weight excluding hydrogens is 476 g/mol. The van der Waals surface area contributed by atoms with Crippen molar-refractivity contribution in [2.45, 2.75) is 16.2 Å². The van der Waals surface area contributed by atoms with Gasteiger partial charge in [0.05, 0.1) is 10.6 Å². The van der Waals surface area contributed by atoms with E-state index in [-0.39, 0.29) is 16.8 Å². The van der Waals surface area contributed by atoms with E-state index in [0.29, 0.717) is 5.84 Å². The van der Waals surface area contributed by atoms with Gasteiger partial charge in [-0.3, -0.25) is 19.8 Å². The fraction of sp³-hybridized carbons (Fsp3) is 0.111. The molecule has 3 unspecified atom stereocenters. The number of nitro benzene ring substituents is 1. The highest BCUT2D eigenvalue weighted by molar-refractivity contribution is 8.03. The van der Waals surface area contributed by atoms with Gasteiger partial charge in [-0.1, -0.05) is 59.8 Å². The minimum absolute atomic E-state index is 0.00918. The summed E-state index contributed by atoms with van der Waals surface area (Å²) in [7, 11) is 0. The van der Waals surface area contributed by atoms with E-state index >= 15 is 0 Å². The number of carbonyl (C=O) groups is 1. The average Bonchev–Trinajstić information content (AvgIpc) is 3.54. The predicted octanol–water partition coefficient (Wildman–Crippen LogP) is 5.56. The maximum absolute atomic E-state index is 13.8. The second-order valence-electron chi connectivity index (χ2n) is 8.84. The first kappa shape index (κ1) is 21.0. The number of carbonyl (C=O) groups excluding carboxylic acids is 1. The molecule has 0 saturated carbocycles. The summed E-state index contributed by atoms with van der Waals surface area (Å²) in [5.41, 5.74) is 3.27. The number of thioether (sulfide) groups is 1. The standard InChI is InChI=1S/C27H18N4O4S/c32-26-27(20-9-3-4-10-21(20)28-26)30(22-11-5-7-16-6-1-2-8-19(16)22)25-24(36-27)23(35-29-25)17-12-14-18(15-13-17)31(33)34/h1-15,23-24H,(H,28,32). The number of nitro groups is 1. The van der Waals surface area contributed by atoms with Crippen molar-refractivity contribution in [1.29, 1.82) is 0 Å². The van der Waals surface area contributed by atoms with E-state index < -0.39 is 15.9 Å². The van der Waals surface area contributed by atoms with Crippen LogP contribution in [0.5, 0.6) is 0 Å². The van der Waals surface area contributed by atoms with Crippen molar-refractivity contribution >= 4 is 51.3 Å². The molecule has 4 aromatic carbocycles. The number of amidine groups is 1. The number of nitrogens with zero attached hydrogens (tertiary/aromatic N) is 3. The summed E-state index contributed by atoms with van der Waals surface area (Å²) >= 11 is 1.49. The van der Waals surface area contributed by atoms with E-state index in [1.807, 2.05) is 71.6 Å². The van der Waals surface area contributed by atoms with Crippen LogP contribution in [0.4, 0.5) is 17.1 Å². The minimum Gasteiger partial charge on any atom is -0.384 e. The third-order valence-corrected chi connectivity index (χ3v) is 8.56. The number of nitrogens with one attached hydrogen (secondary N) is 1. The largest absolute Gasteiger partial charge is 0.384 e. The highest BCUT2D eigenvalue weighted by Crippen LogP contribution is 2.60. The van der Waals surface area contributed by atoms with E-state index in [4.69, 9.17) is 4.84 Å². The molecule has 3 heterocycles. The van der Waals surface area contributed by atoms with Crippen molar-refractivity contribution in [3.8, 4) is 0 Å². The van der Waals surface area contributed by atoms with Crippen LogP contribution in [0.2, 0.25) is 0 Å². The van der Waals surface area contributed by atoms with E-state index in [9.17, 15) is 14.9 Å². The molecule has 0 radical (unpaired) electrons. The second-order valence-corrected chi connectivity index (χ2v) is 10.2. The van der Waals surface area contributed by atoms with Gasteiger partial charge in [-0.05, 0) is 35.2 Å². The smallest absolute Gasteiger partial charge is 0.269 e. The van der Waals surface area contributed by atoms with Crippen molar-refractivity contribution in [1.82, 2.24) is 0 Å². The molecule has 4 aromatic rings. The molecule has 0 bridgehead atoms. The van der Waals surface area contributed by atoms with Crippen LogP contribution < -0.4 is 10.2 Å². The number of anilines is 2. The molecule has 3 atom stereocenters. The van der Waals surface area contributed by atoms with Gasteiger partial charge in [-0.25, -0.2) is 0 Å². The van der Waals surface area contributed by atoms with Crippen molar-refractivity contribution in [3.05, 3.63) is 112 Å². The lowest BCUT2D eigenvalue weighted by molar-refractivity contribution is -0.384. The van der Waals surface area contributed by atoms with E-state index in [0.717, 1.165) is 33.3 Å². The van der Waals surface area contributed by atoms with Crippen LogP contribution in [0.1, 0.15) is 17.2 Å². The Morgan fingerprint density at radius 1 is 0.972 bits per heavy atom. The quantitative estimate of drug-likeness (QED) is 0.296. The average molecular weight is 495 g/mol. The molecule has 36 heavy (non-hydrogen) atoms. The topological polar surface area (TPSA) is 97.1 Å². The van der Waals surface area contributed by atoms with Crippen molar-refractivity contribution in [2.24, 2.45) is 5.16 Å². The summed E-state index contributed by atoms with van der Waals surface area (Å²) in [5, 5.41) is 20.5. The van der Waals surface area contributed by atoms with Gasteiger partial charge < -0.3 is 10.2 Å². The highest BCUT2D eigenvalue weighted by atomic mass is 32.2. The Bertz CT molecular complexity index is 1600. The fourth-order valence-corrected chi connectivity index (χ4v) is 7.02. The molecule has 1 N–H and O–H groups in total. The SMILES string of the molecule is O=C1Nc2ccccc2C12SC1C(=NOC1c1ccc([N+](=O)[O-])cc1)N2c1cccc2ccccc12. The van der Waals surface area contributed by atoms with Gasteiger partial charge >= 0.3 is 0 Å². The Kier molecular flexibility index (Phi) is 4.40. The zero-order valence-electron chi connectivity index (χ0n) is 18.7. The molecule has 3 aliphatic heterocycles. The van der Waals surface area contributed by atoms with Crippen LogP contribution in [0.25, 0.3) is 10.8 Å². The van der Waals surface area contributed by atoms with Crippen LogP contribution in [0.15, 0.2) is 96.2 Å². The summed E-state index contributed by atoms with van der Waals surface area (Å²) in [6.45, 7) is 0. The second kappa shape index (κ2) is 7.56. The number of benzene rings is 4. The van der Waals surface area contributed by atoms with Crippen LogP contribution in [0, 0.1) is 10.1 Å². The fourth-order valence-electron chi connectivity index (χ4n) is 5.31. The van der Waals surface area contributed by atoms with Crippen LogP contribution >= 0.6 is 11.8 Å². The molecule has 9 heteroatoms. The number of amides is 1.